The van der Waals surface area contributed by atoms with Crippen LogP contribution in [-0.2, 0) is 4.79 Å². The van der Waals surface area contributed by atoms with Crippen molar-refractivity contribution in [1.82, 2.24) is 20.1 Å². The maximum atomic E-state index is 12.0. The molecule has 1 N–H and O–H groups in total. The van der Waals surface area contributed by atoms with Crippen molar-refractivity contribution < 1.29 is 4.79 Å². The van der Waals surface area contributed by atoms with Crippen LogP contribution >= 0.6 is 23.4 Å². The molecule has 0 unspecified atom stereocenters. The Labute approximate surface area is 173 Å². The molecule has 5 nitrogen and oxygen atoms in total. The van der Waals surface area contributed by atoms with Crippen molar-refractivity contribution in [3.63, 3.8) is 0 Å². The van der Waals surface area contributed by atoms with E-state index in [1.165, 1.54) is 11.8 Å². The first kappa shape index (κ1) is 20.0. The highest BCUT2D eigenvalue weighted by Crippen LogP contribution is 2.33. The Balaban J connectivity index is 2.06. The third-order valence-electron chi connectivity index (χ3n) is 4.07. The van der Waals surface area contributed by atoms with E-state index in [1.807, 2.05) is 42.7 Å². The molecule has 0 aliphatic heterocycles. The Kier molecular flexibility index (Phi) is 6.40. The lowest BCUT2D eigenvalue weighted by Gasteiger charge is -2.14. The van der Waals surface area contributed by atoms with E-state index in [0.29, 0.717) is 16.0 Å². The summed E-state index contributed by atoms with van der Waals surface area (Å²) in [6.07, 6.45) is 5.19. The molecule has 0 spiro atoms. The summed E-state index contributed by atoms with van der Waals surface area (Å²) in [5.74, 6) is 3.05. The van der Waals surface area contributed by atoms with Crippen molar-refractivity contribution >= 4 is 29.3 Å². The van der Waals surface area contributed by atoms with Gasteiger partial charge in [0, 0.05) is 5.56 Å². The first-order chi connectivity index (χ1) is 13.5. The second kappa shape index (κ2) is 8.96. The topological polar surface area (TPSA) is 59.8 Å². The van der Waals surface area contributed by atoms with E-state index < -0.39 is 0 Å². The number of halogens is 1. The molecule has 142 valence electrons. The zero-order valence-corrected chi connectivity index (χ0v) is 17.1. The molecule has 0 atom stereocenters. The highest BCUT2D eigenvalue weighted by atomic mass is 35.5. The Bertz CT molecular complexity index is 1050. The van der Waals surface area contributed by atoms with Crippen LogP contribution in [0.15, 0.2) is 47.6 Å². The second-order valence-corrected chi connectivity index (χ2v) is 7.53. The zero-order chi connectivity index (χ0) is 20.1. The van der Waals surface area contributed by atoms with Crippen LogP contribution in [0.5, 0.6) is 0 Å². The highest BCUT2D eigenvalue weighted by Gasteiger charge is 2.20. The molecule has 0 saturated heterocycles. The Morgan fingerprint density at radius 2 is 2.04 bits per heavy atom. The molecule has 0 radical (unpaired) electrons. The summed E-state index contributed by atoms with van der Waals surface area (Å²) < 4.78 is 1.95. The van der Waals surface area contributed by atoms with Gasteiger partial charge in [0.05, 0.1) is 23.0 Å². The summed E-state index contributed by atoms with van der Waals surface area (Å²) in [4.78, 5) is 12.0. The first-order valence-corrected chi connectivity index (χ1v) is 9.98. The normalized spacial score (nSPS) is 10.5. The maximum absolute atomic E-state index is 12.0. The summed E-state index contributed by atoms with van der Waals surface area (Å²) in [6.45, 7) is 4.26. The van der Waals surface area contributed by atoms with Gasteiger partial charge in [0.2, 0.25) is 5.91 Å². The summed E-state index contributed by atoms with van der Waals surface area (Å²) in [5.41, 5.74) is 3.91. The van der Waals surface area contributed by atoms with E-state index >= 15 is 0 Å². The van der Waals surface area contributed by atoms with E-state index in [4.69, 9.17) is 18.0 Å². The molecule has 3 rings (SSSR count). The van der Waals surface area contributed by atoms with Gasteiger partial charge < -0.3 is 5.32 Å². The first-order valence-electron chi connectivity index (χ1n) is 8.62. The number of aromatic nitrogens is 3. The SMILES string of the molecule is C#CCNC(=O)CSc1nnc(-c2ccccc2Cl)n1-c1cc(C)ccc1C. The number of carbonyl (C=O) groups excluding carboxylic acids is 1. The minimum atomic E-state index is -0.155. The second-order valence-electron chi connectivity index (χ2n) is 6.18. The van der Waals surface area contributed by atoms with Gasteiger partial charge in [-0.1, -0.05) is 53.5 Å². The van der Waals surface area contributed by atoms with Crippen molar-refractivity contribution in [3.05, 3.63) is 58.6 Å². The molecule has 28 heavy (non-hydrogen) atoms. The van der Waals surface area contributed by atoms with Gasteiger partial charge in [-0.2, -0.15) is 0 Å². The van der Waals surface area contributed by atoms with Crippen LogP contribution < -0.4 is 5.32 Å². The van der Waals surface area contributed by atoms with Gasteiger partial charge in [-0.25, -0.2) is 0 Å². The molecular weight excluding hydrogens is 392 g/mol. The zero-order valence-electron chi connectivity index (χ0n) is 15.6. The van der Waals surface area contributed by atoms with Crippen molar-refractivity contribution in [2.24, 2.45) is 0 Å². The smallest absolute Gasteiger partial charge is 0.231 e. The van der Waals surface area contributed by atoms with E-state index in [2.05, 4.69) is 39.6 Å². The largest absolute Gasteiger partial charge is 0.344 e. The monoisotopic (exact) mass is 410 g/mol. The number of hydrogen-bond acceptors (Lipinski definition) is 4. The van der Waals surface area contributed by atoms with Gasteiger partial charge in [-0.05, 0) is 43.2 Å². The molecule has 1 amide bonds. The number of carbonyl (C=O) groups is 1. The van der Waals surface area contributed by atoms with Crippen molar-refractivity contribution in [2.45, 2.75) is 19.0 Å². The lowest BCUT2D eigenvalue weighted by Crippen LogP contribution is -2.25. The average molecular weight is 411 g/mol. The highest BCUT2D eigenvalue weighted by molar-refractivity contribution is 7.99. The quantitative estimate of drug-likeness (QED) is 0.492. The molecule has 0 fully saturated rings. The van der Waals surface area contributed by atoms with Gasteiger partial charge >= 0.3 is 0 Å². The number of rotatable bonds is 6. The minimum Gasteiger partial charge on any atom is -0.344 e. The van der Waals surface area contributed by atoms with Gasteiger partial charge in [0.25, 0.3) is 0 Å². The van der Waals surface area contributed by atoms with Crippen LogP contribution in [0.25, 0.3) is 17.1 Å². The number of nitrogens with zero attached hydrogens (tertiary/aromatic N) is 3. The van der Waals surface area contributed by atoms with Crippen LogP contribution in [0, 0.1) is 26.2 Å². The predicted molar refractivity (Wildman–Crippen MR) is 114 cm³/mol. The summed E-state index contributed by atoms with van der Waals surface area (Å²) >= 11 is 7.71. The fourth-order valence-corrected chi connectivity index (χ4v) is 3.68. The predicted octanol–water partition coefficient (Wildman–Crippen LogP) is 4.05. The molecule has 0 saturated carbocycles. The molecule has 0 bridgehead atoms. The van der Waals surface area contributed by atoms with Gasteiger partial charge in [-0.15, -0.1) is 16.6 Å². The van der Waals surface area contributed by atoms with Crippen molar-refractivity contribution in [2.75, 3.05) is 12.3 Å². The number of amides is 1. The third-order valence-corrected chi connectivity index (χ3v) is 5.33. The average Bonchev–Trinajstić information content (AvgIpc) is 3.10. The van der Waals surface area contributed by atoms with Gasteiger partial charge in [0.15, 0.2) is 11.0 Å². The third kappa shape index (κ3) is 4.38. The standard InChI is InChI=1S/C21H19ClN4OS/c1-4-11-23-19(27)13-28-21-25-24-20(16-7-5-6-8-17(16)22)26(21)18-12-14(2)9-10-15(18)3/h1,5-10,12H,11,13H2,2-3H3,(H,23,27). The lowest BCUT2D eigenvalue weighted by atomic mass is 10.1. The summed E-state index contributed by atoms with van der Waals surface area (Å²) in [7, 11) is 0. The van der Waals surface area contributed by atoms with Gasteiger partial charge in [-0.3, -0.25) is 9.36 Å². The summed E-state index contributed by atoms with van der Waals surface area (Å²) in [5, 5.41) is 12.6. The van der Waals surface area contributed by atoms with Crippen LogP contribution in [0.3, 0.4) is 0 Å². The number of thioether (sulfide) groups is 1. The molecule has 7 heteroatoms. The van der Waals surface area contributed by atoms with Crippen molar-refractivity contribution in [1.29, 1.82) is 0 Å². The van der Waals surface area contributed by atoms with Crippen molar-refractivity contribution in [3.8, 4) is 29.4 Å². The van der Waals surface area contributed by atoms with Gasteiger partial charge in [0.1, 0.15) is 0 Å². The number of terminal acetylenes is 1. The molecule has 1 heterocycles. The molecule has 1 aromatic heterocycles. The Morgan fingerprint density at radius 1 is 1.25 bits per heavy atom. The Hall–Kier alpha value is -2.75. The van der Waals surface area contributed by atoms with Crippen LogP contribution in [0.1, 0.15) is 11.1 Å². The fraction of sp³-hybridized carbons (Fsp3) is 0.190. The molecule has 0 aliphatic rings. The molecule has 2 aromatic carbocycles. The fourth-order valence-electron chi connectivity index (χ4n) is 2.69. The van der Waals surface area contributed by atoms with Crippen LogP contribution in [0.4, 0.5) is 0 Å². The van der Waals surface area contributed by atoms with Crippen LogP contribution in [0.2, 0.25) is 5.02 Å². The minimum absolute atomic E-state index is 0.155. The maximum Gasteiger partial charge on any atom is 0.231 e. The number of aryl methyl sites for hydroxylation is 2. The van der Waals surface area contributed by atoms with E-state index in [-0.39, 0.29) is 18.2 Å². The Morgan fingerprint density at radius 3 is 2.79 bits per heavy atom. The summed E-state index contributed by atoms with van der Waals surface area (Å²) in [6, 6.07) is 13.7. The number of nitrogens with one attached hydrogen (secondary N) is 1. The van der Waals surface area contributed by atoms with E-state index in [9.17, 15) is 4.79 Å². The van der Waals surface area contributed by atoms with E-state index in [0.717, 1.165) is 22.4 Å². The van der Waals surface area contributed by atoms with Crippen LogP contribution in [-0.4, -0.2) is 33.0 Å². The number of hydrogen-bond donors (Lipinski definition) is 1. The molecule has 3 aromatic rings. The lowest BCUT2D eigenvalue weighted by molar-refractivity contribution is -0.118. The molecule has 0 aliphatic carbocycles. The van der Waals surface area contributed by atoms with E-state index in [1.54, 1.807) is 0 Å². The number of benzene rings is 2. The molecular formula is C21H19ClN4OS.